The maximum absolute atomic E-state index is 6.01. The Balaban J connectivity index is 1.75. The van der Waals surface area contributed by atoms with Crippen LogP contribution >= 0.6 is 0 Å². The van der Waals surface area contributed by atoms with Gasteiger partial charge in [0, 0.05) is 31.9 Å². The summed E-state index contributed by atoms with van der Waals surface area (Å²) in [5.41, 5.74) is 7.07. The van der Waals surface area contributed by atoms with Gasteiger partial charge in [-0.15, -0.1) is 0 Å². The van der Waals surface area contributed by atoms with Crippen LogP contribution in [-0.2, 0) is 0 Å². The molecule has 5 heteroatoms. The van der Waals surface area contributed by atoms with E-state index in [0.717, 1.165) is 24.8 Å². The van der Waals surface area contributed by atoms with E-state index in [1.165, 1.54) is 32.4 Å². The number of rotatable bonds is 3. The Morgan fingerprint density at radius 2 is 2.21 bits per heavy atom. The van der Waals surface area contributed by atoms with Crippen molar-refractivity contribution in [3.05, 3.63) is 24.3 Å². The SMILES string of the molecule is NCC(c1ccncn1)N1CCCN2CCCC2C1. The molecule has 2 atom stereocenters. The molecule has 2 fully saturated rings. The van der Waals surface area contributed by atoms with Gasteiger partial charge in [0.1, 0.15) is 6.33 Å². The van der Waals surface area contributed by atoms with Gasteiger partial charge in [-0.25, -0.2) is 9.97 Å². The van der Waals surface area contributed by atoms with E-state index in [9.17, 15) is 0 Å². The van der Waals surface area contributed by atoms with Gasteiger partial charge in [-0.05, 0) is 38.4 Å². The van der Waals surface area contributed by atoms with Crippen molar-refractivity contribution in [1.29, 1.82) is 0 Å². The van der Waals surface area contributed by atoms with E-state index in [1.807, 2.05) is 12.3 Å². The van der Waals surface area contributed by atoms with E-state index >= 15 is 0 Å². The fourth-order valence-electron chi connectivity index (χ4n) is 3.47. The third-order valence-corrected chi connectivity index (χ3v) is 4.45. The summed E-state index contributed by atoms with van der Waals surface area (Å²) in [6, 6.07) is 2.96. The molecule has 0 saturated carbocycles. The molecule has 3 heterocycles. The molecule has 3 rings (SSSR count). The zero-order valence-electron chi connectivity index (χ0n) is 11.4. The molecule has 1 aromatic rings. The zero-order valence-corrected chi connectivity index (χ0v) is 11.4. The van der Waals surface area contributed by atoms with Crippen molar-refractivity contribution in [3.63, 3.8) is 0 Å². The van der Waals surface area contributed by atoms with Gasteiger partial charge in [0.25, 0.3) is 0 Å². The highest BCUT2D eigenvalue weighted by Crippen LogP contribution is 2.26. The summed E-state index contributed by atoms with van der Waals surface area (Å²) in [4.78, 5) is 13.6. The highest BCUT2D eigenvalue weighted by molar-refractivity contribution is 5.06. The molecule has 0 radical (unpaired) electrons. The second kappa shape index (κ2) is 5.94. The number of aromatic nitrogens is 2. The van der Waals surface area contributed by atoms with Crippen LogP contribution in [0.25, 0.3) is 0 Å². The van der Waals surface area contributed by atoms with Crippen molar-refractivity contribution in [1.82, 2.24) is 19.8 Å². The molecule has 2 aliphatic rings. The molecular formula is C14H23N5. The van der Waals surface area contributed by atoms with Crippen LogP contribution in [0.4, 0.5) is 0 Å². The molecule has 5 nitrogen and oxygen atoms in total. The molecule has 0 amide bonds. The first-order valence-electron chi connectivity index (χ1n) is 7.32. The van der Waals surface area contributed by atoms with E-state index in [1.54, 1.807) is 6.33 Å². The van der Waals surface area contributed by atoms with Gasteiger partial charge in [-0.1, -0.05) is 0 Å². The van der Waals surface area contributed by atoms with Crippen LogP contribution in [0.15, 0.2) is 18.6 Å². The lowest BCUT2D eigenvalue weighted by atomic mass is 10.1. The van der Waals surface area contributed by atoms with Crippen molar-refractivity contribution >= 4 is 0 Å². The predicted molar refractivity (Wildman–Crippen MR) is 74.6 cm³/mol. The molecular weight excluding hydrogens is 238 g/mol. The van der Waals surface area contributed by atoms with Gasteiger partial charge in [-0.2, -0.15) is 0 Å². The topological polar surface area (TPSA) is 58.3 Å². The van der Waals surface area contributed by atoms with E-state index in [-0.39, 0.29) is 6.04 Å². The fraction of sp³-hybridized carbons (Fsp3) is 0.714. The maximum Gasteiger partial charge on any atom is 0.115 e. The summed E-state index contributed by atoms with van der Waals surface area (Å²) in [5.74, 6) is 0. The van der Waals surface area contributed by atoms with Crippen LogP contribution in [0.3, 0.4) is 0 Å². The Hall–Kier alpha value is -1.04. The summed E-state index contributed by atoms with van der Waals surface area (Å²) >= 11 is 0. The minimum absolute atomic E-state index is 0.239. The first kappa shape index (κ1) is 13.0. The maximum atomic E-state index is 6.01. The molecule has 0 spiro atoms. The average molecular weight is 261 g/mol. The van der Waals surface area contributed by atoms with Crippen molar-refractivity contribution in [3.8, 4) is 0 Å². The van der Waals surface area contributed by atoms with Gasteiger partial charge in [0.05, 0.1) is 11.7 Å². The molecule has 2 unspecified atom stereocenters. The minimum Gasteiger partial charge on any atom is -0.329 e. The Morgan fingerprint density at radius 3 is 3.00 bits per heavy atom. The summed E-state index contributed by atoms with van der Waals surface area (Å²) in [6.45, 7) is 5.40. The summed E-state index contributed by atoms with van der Waals surface area (Å²) in [7, 11) is 0. The highest BCUT2D eigenvalue weighted by atomic mass is 15.3. The average Bonchev–Trinajstić information content (AvgIpc) is 2.79. The predicted octanol–water partition coefficient (Wildman–Crippen LogP) is 0.647. The second-order valence-corrected chi connectivity index (χ2v) is 5.57. The molecule has 2 saturated heterocycles. The third-order valence-electron chi connectivity index (χ3n) is 4.45. The third kappa shape index (κ3) is 2.78. The fourth-order valence-corrected chi connectivity index (χ4v) is 3.47. The monoisotopic (exact) mass is 261 g/mol. The zero-order chi connectivity index (χ0) is 13.1. The van der Waals surface area contributed by atoms with Gasteiger partial charge in [0.2, 0.25) is 0 Å². The van der Waals surface area contributed by atoms with Crippen molar-refractivity contribution in [2.45, 2.75) is 31.3 Å². The first-order valence-corrected chi connectivity index (χ1v) is 7.32. The largest absolute Gasteiger partial charge is 0.329 e. The van der Waals surface area contributed by atoms with Crippen LogP contribution in [0.5, 0.6) is 0 Å². The number of nitrogens with zero attached hydrogens (tertiary/aromatic N) is 4. The van der Waals surface area contributed by atoms with Crippen LogP contribution in [0, 0.1) is 0 Å². The standard InChI is InChI=1S/C14H23N5/c15-9-14(13-4-5-16-11-17-13)19-8-2-7-18-6-1-3-12(18)10-19/h4-5,11-12,14H,1-3,6-10,15H2. The molecule has 104 valence electrons. The normalized spacial score (nSPS) is 26.9. The molecule has 0 aromatic carbocycles. The smallest absolute Gasteiger partial charge is 0.115 e. The Morgan fingerprint density at radius 1 is 1.32 bits per heavy atom. The van der Waals surface area contributed by atoms with Crippen LogP contribution in [0.1, 0.15) is 31.0 Å². The molecule has 19 heavy (non-hydrogen) atoms. The second-order valence-electron chi connectivity index (χ2n) is 5.57. The van der Waals surface area contributed by atoms with Gasteiger partial charge in [-0.3, -0.25) is 9.80 Å². The summed E-state index contributed by atoms with van der Waals surface area (Å²) in [5, 5.41) is 0. The highest BCUT2D eigenvalue weighted by Gasteiger charge is 2.31. The van der Waals surface area contributed by atoms with Crippen LogP contribution in [-0.4, -0.2) is 58.5 Å². The van der Waals surface area contributed by atoms with E-state index in [2.05, 4.69) is 19.8 Å². The lowest BCUT2D eigenvalue weighted by molar-refractivity contribution is 0.173. The Kier molecular flexibility index (Phi) is 4.06. The number of hydrogen-bond donors (Lipinski definition) is 1. The van der Waals surface area contributed by atoms with Crippen molar-refractivity contribution in [2.24, 2.45) is 5.73 Å². The van der Waals surface area contributed by atoms with Crippen LogP contribution < -0.4 is 5.73 Å². The minimum atomic E-state index is 0.239. The lowest BCUT2D eigenvalue weighted by Gasteiger charge is -2.31. The van der Waals surface area contributed by atoms with E-state index < -0.39 is 0 Å². The number of nitrogens with two attached hydrogens (primary N) is 1. The number of fused-ring (bicyclic) bond motifs is 1. The van der Waals surface area contributed by atoms with Gasteiger partial charge < -0.3 is 5.73 Å². The Bertz CT molecular complexity index is 396. The van der Waals surface area contributed by atoms with Crippen molar-refractivity contribution in [2.75, 3.05) is 32.7 Å². The summed E-state index contributed by atoms with van der Waals surface area (Å²) in [6.07, 6.45) is 7.34. The quantitative estimate of drug-likeness (QED) is 0.865. The first-order chi connectivity index (χ1) is 9.38. The van der Waals surface area contributed by atoms with Gasteiger partial charge in [0.15, 0.2) is 0 Å². The lowest BCUT2D eigenvalue weighted by Crippen LogP contribution is -2.40. The molecule has 0 aliphatic carbocycles. The molecule has 2 aliphatic heterocycles. The van der Waals surface area contributed by atoms with Crippen molar-refractivity contribution < 1.29 is 0 Å². The van der Waals surface area contributed by atoms with E-state index in [4.69, 9.17) is 5.73 Å². The van der Waals surface area contributed by atoms with Crippen LogP contribution in [0.2, 0.25) is 0 Å². The summed E-state index contributed by atoms with van der Waals surface area (Å²) < 4.78 is 0. The van der Waals surface area contributed by atoms with Gasteiger partial charge >= 0.3 is 0 Å². The van der Waals surface area contributed by atoms with E-state index in [0.29, 0.717) is 6.54 Å². The molecule has 2 N–H and O–H groups in total. The number of hydrogen-bond acceptors (Lipinski definition) is 5. The molecule has 1 aromatic heterocycles. The molecule has 0 bridgehead atoms. The Labute approximate surface area is 114 Å².